The van der Waals surface area contributed by atoms with Gasteiger partial charge in [0, 0.05) is 44.8 Å². The Labute approximate surface area is 200 Å². The molecule has 34 heavy (non-hydrogen) atoms. The maximum Gasteiger partial charge on any atom is 0.289 e. The van der Waals surface area contributed by atoms with Crippen LogP contribution in [0.4, 0.5) is 5.88 Å². The fourth-order valence-corrected chi connectivity index (χ4v) is 4.70. The van der Waals surface area contributed by atoms with Gasteiger partial charge in [-0.15, -0.1) is 0 Å². The van der Waals surface area contributed by atoms with E-state index in [1.165, 1.54) is 6.42 Å². The summed E-state index contributed by atoms with van der Waals surface area (Å²) in [7, 11) is 0. The fourth-order valence-electron chi connectivity index (χ4n) is 4.70. The van der Waals surface area contributed by atoms with Gasteiger partial charge in [-0.25, -0.2) is 0 Å². The average Bonchev–Trinajstić information content (AvgIpc) is 3.58. The lowest BCUT2D eigenvalue weighted by molar-refractivity contribution is 0.0316. The van der Waals surface area contributed by atoms with Crippen LogP contribution in [-0.2, 0) is 11.3 Å². The fraction of sp³-hybridized carbons (Fsp3) is 0.462. The largest absolute Gasteiger partial charge is 0.459 e. The van der Waals surface area contributed by atoms with Gasteiger partial charge >= 0.3 is 0 Å². The second kappa shape index (κ2) is 10.9. The highest BCUT2D eigenvalue weighted by Crippen LogP contribution is 2.34. The third kappa shape index (κ3) is 5.18. The molecule has 0 spiro atoms. The lowest BCUT2D eigenvalue weighted by atomic mass is 10.1. The van der Waals surface area contributed by atoms with Gasteiger partial charge in [0.15, 0.2) is 5.76 Å². The molecule has 2 aliphatic rings. The highest BCUT2D eigenvalue weighted by Gasteiger charge is 2.28. The molecule has 0 saturated carbocycles. The molecule has 0 aliphatic carbocycles. The number of amides is 1. The van der Waals surface area contributed by atoms with Crippen LogP contribution in [0.1, 0.15) is 35.4 Å². The first-order chi connectivity index (χ1) is 16.8. The van der Waals surface area contributed by atoms with Crippen LogP contribution in [0, 0.1) is 0 Å². The van der Waals surface area contributed by atoms with Crippen molar-refractivity contribution in [1.82, 2.24) is 15.0 Å². The number of hydrogen-bond acceptors (Lipinski definition) is 7. The van der Waals surface area contributed by atoms with Crippen molar-refractivity contribution in [2.45, 2.75) is 25.8 Å². The lowest BCUT2D eigenvalue weighted by Gasteiger charge is -2.31. The summed E-state index contributed by atoms with van der Waals surface area (Å²) in [6.07, 6.45) is 5.04. The summed E-state index contributed by atoms with van der Waals surface area (Å²) in [5, 5.41) is 4.48. The van der Waals surface area contributed by atoms with Gasteiger partial charge < -0.3 is 23.5 Å². The summed E-state index contributed by atoms with van der Waals surface area (Å²) in [5.41, 5.74) is 2.74. The Morgan fingerprint density at radius 1 is 0.971 bits per heavy atom. The van der Waals surface area contributed by atoms with E-state index in [9.17, 15) is 4.79 Å². The first-order valence-corrected chi connectivity index (χ1v) is 12.2. The number of furan rings is 1. The standard InChI is InChI=1S/C26H32N4O4/c31-25(23-10-7-17-33-23)30(14-13-28-15-18-32-19-16-28)20-22-24(21-8-3-1-4-9-21)27-34-26(22)29-11-5-2-6-12-29/h1,3-4,7-10,17H,2,5-6,11-16,18-20H2. The number of rotatable bonds is 8. The predicted octanol–water partition coefficient (Wildman–Crippen LogP) is 3.90. The van der Waals surface area contributed by atoms with Gasteiger partial charge in [-0.05, 0) is 31.4 Å². The Morgan fingerprint density at radius 2 is 1.76 bits per heavy atom. The zero-order chi connectivity index (χ0) is 23.2. The van der Waals surface area contributed by atoms with Gasteiger partial charge in [0.1, 0.15) is 5.69 Å². The molecular weight excluding hydrogens is 432 g/mol. The van der Waals surface area contributed by atoms with E-state index in [4.69, 9.17) is 13.7 Å². The van der Waals surface area contributed by atoms with E-state index >= 15 is 0 Å². The van der Waals surface area contributed by atoms with Gasteiger partial charge in [0.2, 0.25) is 5.88 Å². The highest BCUT2D eigenvalue weighted by molar-refractivity contribution is 5.91. The summed E-state index contributed by atoms with van der Waals surface area (Å²) in [5.74, 6) is 1.00. The zero-order valence-electron chi connectivity index (χ0n) is 19.5. The Morgan fingerprint density at radius 3 is 2.50 bits per heavy atom. The molecule has 0 bridgehead atoms. The van der Waals surface area contributed by atoms with Crippen molar-refractivity contribution >= 4 is 11.8 Å². The molecule has 5 rings (SSSR count). The normalized spacial score (nSPS) is 17.1. The Hall–Kier alpha value is -3.10. The third-order valence-corrected chi connectivity index (χ3v) is 6.62. The van der Waals surface area contributed by atoms with Crippen molar-refractivity contribution in [2.75, 3.05) is 57.4 Å². The van der Waals surface area contributed by atoms with Crippen LogP contribution in [0.25, 0.3) is 11.3 Å². The summed E-state index contributed by atoms with van der Waals surface area (Å²) in [4.78, 5) is 19.9. The van der Waals surface area contributed by atoms with Crippen LogP contribution in [0.15, 0.2) is 57.7 Å². The molecule has 180 valence electrons. The van der Waals surface area contributed by atoms with Crippen molar-refractivity contribution < 1.29 is 18.5 Å². The Kier molecular flexibility index (Phi) is 7.26. The smallest absolute Gasteiger partial charge is 0.289 e. The molecule has 2 aliphatic heterocycles. The van der Waals surface area contributed by atoms with Crippen LogP contribution in [0.2, 0.25) is 0 Å². The van der Waals surface area contributed by atoms with E-state index in [-0.39, 0.29) is 5.91 Å². The number of piperidine rings is 1. The topological polar surface area (TPSA) is 75.2 Å². The second-order valence-electron chi connectivity index (χ2n) is 8.89. The first-order valence-electron chi connectivity index (χ1n) is 12.2. The summed E-state index contributed by atoms with van der Waals surface area (Å²) >= 11 is 0. The molecule has 2 fully saturated rings. The summed E-state index contributed by atoms with van der Waals surface area (Å²) < 4.78 is 16.9. The van der Waals surface area contributed by atoms with Crippen molar-refractivity contribution in [3.63, 3.8) is 0 Å². The van der Waals surface area contributed by atoms with Gasteiger partial charge in [-0.3, -0.25) is 9.69 Å². The second-order valence-corrected chi connectivity index (χ2v) is 8.89. The number of nitrogens with zero attached hydrogens (tertiary/aromatic N) is 4. The monoisotopic (exact) mass is 464 g/mol. The van der Waals surface area contributed by atoms with Gasteiger partial charge in [0.05, 0.1) is 31.6 Å². The van der Waals surface area contributed by atoms with Gasteiger partial charge in [-0.1, -0.05) is 35.5 Å². The molecule has 1 amide bonds. The molecule has 8 heteroatoms. The van der Waals surface area contributed by atoms with Crippen LogP contribution in [0.5, 0.6) is 0 Å². The number of anilines is 1. The molecule has 0 atom stereocenters. The van der Waals surface area contributed by atoms with E-state index in [2.05, 4.69) is 15.0 Å². The quantitative estimate of drug-likeness (QED) is 0.500. The van der Waals surface area contributed by atoms with E-state index in [0.29, 0.717) is 18.8 Å². The van der Waals surface area contributed by atoms with Gasteiger partial charge in [0.25, 0.3) is 5.91 Å². The minimum absolute atomic E-state index is 0.122. The first kappa shape index (κ1) is 22.7. The maximum absolute atomic E-state index is 13.5. The number of morpholine rings is 1. The van der Waals surface area contributed by atoms with E-state index in [1.807, 2.05) is 35.2 Å². The van der Waals surface area contributed by atoms with Crippen LogP contribution >= 0.6 is 0 Å². The molecule has 3 aromatic rings. The molecule has 0 radical (unpaired) electrons. The Balaban J connectivity index is 1.45. The van der Waals surface area contributed by atoms with Crippen molar-refractivity contribution in [1.29, 1.82) is 0 Å². The number of carbonyl (C=O) groups excluding carboxylic acids is 1. The van der Waals surface area contributed by atoms with Crippen molar-refractivity contribution in [3.8, 4) is 11.3 Å². The maximum atomic E-state index is 13.5. The molecule has 0 N–H and O–H groups in total. The molecule has 2 aromatic heterocycles. The van der Waals surface area contributed by atoms with E-state index in [1.54, 1.807) is 18.4 Å². The number of aromatic nitrogens is 1. The number of ether oxygens (including phenoxy) is 1. The number of benzene rings is 1. The summed E-state index contributed by atoms with van der Waals surface area (Å²) in [6.45, 7) is 6.87. The van der Waals surface area contributed by atoms with Crippen LogP contribution in [0.3, 0.4) is 0 Å². The zero-order valence-corrected chi connectivity index (χ0v) is 19.5. The molecular formula is C26H32N4O4. The van der Waals surface area contributed by atoms with E-state index in [0.717, 1.165) is 81.5 Å². The Bertz CT molecular complexity index is 1040. The predicted molar refractivity (Wildman–Crippen MR) is 129 cm³/mol. The molecule has 0 unspecified atom stereocenters. The lowest BCUT2D eigenvalue weighted by Crippen LogP contribution is -2.43. The van der Waals surface area contributed by atoms with Crippen molar-refractivity contribution in [2.24, 2.45) is 0 Å². The van der Waals surface area contributed by atoms with E-state index < -0.39 is 0 Å². The molecule has 1 aromatic carbocycles. The molecule has 4 heterocycles. The number of hydrogen-bond donors (Lipinski definition) is 0. The number of carbonyl (C=O) groups is 1. The molecule has 2 saturated heterocycles. The SMILES string of the molecule is O=C(c1ccco1)N(CCN1CCOCC1)Cc1c(-c2ccccc2)noc1N1CCCCC1. The minimum Gasteiger partial charge on any atom is -0.459 e. The average molecular weight is 465 g/mol. The third-order valence-electron chi connectivity index (χ3n) is 6.62. The summed E-state index contributed by atoms with van der Waals surface area (Å²) in [6, 6.07) is 13.5. The highest BCUT2D eigenvalue weighted by atomic mass is 16.5. The minimum atomic E-state index is -0.122. The van der Waals surface area contributed by atoms with Crippen molar-refractivity contribution in [3.05, 3.63) is 60.1 Å². The van der Waals surface area contributed by atoms with Gasteiger partial charge in [-0.2, -0.15) is 0 Å². The van der Waals surface area contributed by atoms with Crippen LogP contribution in [-0.4, -0.2) is 73.3 Å². The molecule has 8 nitrogen and oxygen atoms in total. The van der Waals surface area contributed by atoms with Crippen LogP contribution < -0.4 is 4.90 Å².